The topological polar surface area (TPSA) is 21.1 Å². The fourth-order valence-electron chi connectivity index (χ4n) is 2.35. The van der Waals surface area contributed by atoms with Crippen LogP contribution in [0.5, 0.6) is 0 Å². The summed E-state index contributed by atoms with van der Waals surface area (Å²) in [6.45, 7) is 6.32. The molecule has 1 aliphatic rings. The maximum atomic E-state index is 5.90. The van der Waals surface area contributed by atoms with E-state index >= 15 is 0 Å². The van der Waals surface area contributed by atoms with Gasteiger partial charge in [0.15, 0.2) is 0 Å². The molecule has 0 spiro atoms. The van der Waals surface area contributed by atoms with Gasteiger partial charge in [-0.1, -0.05) is 13.3 Å². The summed E-state index contributed by atoms with van der Waals surface area (Å²) in [7, 11) is 0. The molecule has 1 fully saturated rings. The Kier molecular flexibility index (Phi) is 5.07. The molecule has 1 unspecified atom stereocenters. The third-order valence-electron chi connectivity index (χ3n) is 4.03. The van der Waals surface area contributed by atoms with Gasteiger partial charge < -0.3 is 0 Å². The number of alkyl halides is 1. The Labute approximate surface area is 115 Å². The number of nitrogens with zero attached hydrogens (tertiary/aromatic N) is 3. The van der Waals surface area contributed by atoms with Gasteiger partial charge in [-0.2, -0.15) is 5.10 Å². The second-order valence-corrected chi connectivity index (χ2v) is 5.67. The summed E-state index contributed by atoms with van der Waals surface area (Å²) in [6, 6.07) is 3.37. The highest BCUT2D eigenvalue weighted by Crippen LogP contribution is 2.26. The zero-order valence-electron chi connectivity index (χ0n) is 11.5. The number of halogens is 1. The summed E-state index contributed by atoms with van der Waals surface area (Å²) in [6.07, 6.45) is 7.23. The van der Waals surface area contributed by atoms with Gasteiger partial charge in [0, 0.05) is 37.3 Å². The van der Waals surface area contributed by atoms with E-state index in [1.165, 1.54) is 25.0 Å². The molecule has 4 heteroatoms. The zero-order chi connectivity index (χ0) is 13.0. The van der Waals surface area contributed by atoms with Crippen LogP contribution in [0.3, 0.4) is 0 Å². The highest BCUT2D eigenvalue weighted by atomic mass is 35.5. The van der Waals surface area contributed by atoms with E-state index in [4.69, 9.17) is 11.6 Å². The largest absolute Gasteiger partial charge is 0.293 e. The minimum absolute atomic E-state index is 0.490. The molecule has 2 rings (SSSR count). The standard InChI is InChI=1S/C14H24ClN3/c1-3-12(2)18-9-7-13(16-18)11-17(10-8-15)14-5-4-6-14/h7,9,12,14H,3-6,8,10-11H2,1-2H3. The Morgan fingerprint density at radius 3 is 2.89 bits per heavy atom. The van der Waals surface area contributed by atoms with Crippen LogP contribution in [0.1, 0.15) is 51.3 Å². The molecule has 1 heterocycles. The van der Waals surface area contributed by atoms with Crippen molar-refractivity contribution in [2.24, 2.45) is 0 Å². The van der Waals surface area contributed by atoms with E-state index in [9.17, 15) is 0 Å². The van der Waals surface area contributed by atoms with Crippen LogP contribution in [-0.4, -0.2) is 33.1 Å². The first-order chi connectivity index (χ1) is 8.74. The number of rotatable bonds is 7. The predicted molar refractivity (Wildman–Crippen MR) is 76.0 cm³/mol. The first-order valence-corrected chi connectivity index (χ1v) is 7.62. The monoisotopic (exact) mass is 269 g/mol. The number of aromatic nitrogens is 2. The summed E-state index contributed by atoms with van der Waals surface area (Å²) in [5.74, 6) is 0.711. The van der Waals surface area contributed by atoms with Gasteiger partial charge in [0.2, 0.25) is 0 Å². The van der Waals surface area contributed by atoms with Gasteiger partial charge in [-0.3, -0.25) is 9.58 Å². The van der Waals surface area contributed by atoms with Crippen molar-refractivity contribution in [2.75, 3.05) is 12.4 Å². The van der Waals surface area contributed by atoms with Crippen LogP contribution < -0.4 is 0 Å². The van der Waals surface area contributed by atoms with Crippen LogP contribution in [0.2, 0.25) is 0 Å². The minimum atomic E-state index is 0.490. The minimum Gasteiger partial charge on any atom is -0.293 e. The lowest BCUT2D eigenvalue weighted by molar-refractivity contribution is 0.125. The van der Waals surface area contributed by atoms with Crippen LogP contribution in [0, 0.1) is 0 Å². The van der Waals surface area contributed by atoms with Crippen molar-refractivity contribution in [2.45, 2.75) is 58.2 Å². The molecule has 102 valence electrons. The second-order valence-electron chi connectivity index (χ2n) is 5.29. The fourth-order valence-corrected chi connectivity index (χ4v) is 2.57. The Hall–Kier alpha value is -0.540. The average molecular weight is 270 g/mol. The molecular weight excluding hydrogens is 246 g/mol. The second kappa shape index (κ2) is 6.58. The van der Waals surface area contributed by atoms with Gasteiger partial charge in [-0.25, -0.2) is 0 Å². The Morgan fingerprint density at radius 1 is 1.56 bits per heavy atom. The SMILES string of the molecule is CCC(C)n1ccc(CN(CCCl)C2CCC2)n1. The third-order valence-corrected chi connectivity index (χ3v) is 4.20. The molecule has 18 heavy (non-hydrogen) atoms. The Bertz CT molecular complexity index is 360. The van der Waals surface area contributed by atoms with Gasteiger partial charge >= 0.3 is 0 Å². The lowest BCUT2D eigenvalue weighted by atomic mass is 9.91. The maximum Gasteiger partial charge on any atom is 0.0765 e. The van der Waals surface area contributed by atoms with Crippen molar-refractivity contribution in [3.05, 3.63) is 18.0 Å². The normalized spacial score (nSPS) is 18.0. The highest BCUT2D eigenvalue weighted by Gasteiger charge is 2.25. The molecule has 1 atom stereocenters. The summed E-state index contributed by atoms with van der Waals surface area (Å²) < 4.78 is 2.08. The van der Waals surface area contributed by atoms with E-state index in [0.29, 0.717) is 11.9 Å². The summed E-state index contributed by atoms with van der Waals surface area (Å²) in [5, 5.41) is 4.68. The van der Waals surface area contributed by atoms with Crippen LogP contribution in [-0.2, 0) is 6.54 Å². The third kappa shape index (κ3) is 3.27. The quantitative estimate of drug-likeness (QED) is 0.707. The molecule has 0 N–H and O–H groups in total. The van der Waals surface area contributed by atoms with Crippen molar-refractivity contribution in [1.82, 2.24) is 14.7 Å². The fraction of sp³-hybridized carbons (Fsp3) is 0.786. The molecule has 1 saturated carbocycles. The van der Waals surface area contributed by atoms with Gasteiger partial charge in [-0.05, 0) is 32.3 Å². The molecule has 1 aromatic heterocycles. The molecule has 3 nitrogen and oxygen atoms in total. The van der Waals surface area contributed by atoms with E-state index in [0.717, 1.165) is 25.6 Å². The van der Waals surface area contributed by atoms with Crippen molar-refractivity contribution in [3.63, 3.8) is 0 Å². The van der Waals surface area contributed by atoms with Gasteiger partial charge in [0.25, 0.3) is 0 Å². The molecule has 1 aliphatic carbocycles. The van der Waals surface area contributed by atoms with E-state index in [-0.39, 0.29) is 0 Å². The summed E-state index contributed by atoms with van der Waals surface area (Å²) in [4.78, 5) is 2.49. The zero-order valence-corrected chi connectivity index (χ0v) is 12.2. The average Bonchev–Trinajstić information content (AvgIpc) is 2.74. The smallest absolute Gasteiger partial charge is 0.0765 e. The lowest BCUT2D eigenvalue weighted by Crippen LogP contribution is -2.40. The van der Waals surface area contributed by atoms with Crippen LogP contribution in [0.15, 0.2) is 12.3 Å². The highest BCUT2D eigenvalue weighted by molar-refractivity contribution is 6.18. The molecule has 1 aromatic rings. The molecule has 0 saturated heterocycles. The van der Waals surface area contributed by atoms with E-state index < -0.39 is 0 Å². The van der Waals surface area contributed by atoms with E-state index in [1.54, 1.807) is 0 Å². The van der Waals surface area contributed by atoms with Crippen molar-refractivity contribution in [1.29, 1.82) is 0 Å². The van der Waals surface area contributed by atoms with E-state index in [1.807, 2.05) is 0 Å². The first kappa shape index (κ1) is 13.9. The molecule has 0 amide bonds. The van der Waals surface area contributed by atoms with Gasteiger partial charge in [-0.15, -0.1) is 11.6 Å². The molecular formula is C14H24ClN3. The molecule has 0 bridgehead atoms. The van der Waals surface area contributed by atoms with Gasteiger partial charge in [0.1, 0.15) is 0 Å². The van der Waals surface area contributed by atoms with Gasteiger partial charge in [0.05, 0.1) is 5.69 Å². The van der Waals surface area contributed by atoms with Crippen LogP contribution in [0.25, 0.3) is 0 Å². The van der Waals surface area contributed by atoms with Crippen molar-refractivity contribution in [3.8, 4) is 0 Å². The van der Waals surface area contributed by atoms with E-state index in [2.05, 4.69) is 40.8 Å². The van der Waals surface area contributed by atoms with Crippen LogP contribution >= 0.6 is 11.6 Å². The predicted octanol–water partition coefficient (Wildman–Crippen LogP) is 3.45. The van der Waals surface area contributed by atoms with Crippen molar-refractivity contribution < 1.29 is 0 Å². The maximum absolute atomic E-state index is 5.90. The molecule has 0 aliphatic heterocycles. The van der Waals surface area contributed by atoms with Crippen LogP contribution in [0.4, 0.5) is 0 Å². The first-order valence-electron chi connectivity index (χ1n) is 7.08. The van der Waals surface area contributed by atoms with Crippen molar-refractivity contribution >= 4 is 11.6 Å². The lowest BCUT2D eigenvalue weighted by Gasteiger charge is -2.36. The number of hydrogen-bond acceptors (Lipinski definition) is 2. The number of hydrogen-bond donors (Lipinski definition) is 0. The molecule has 0 radical (unpaired) electrons. The Morgan fingerprint density at radius 2 is 2.33 bits per heavy atom. The molecule has 0 aromatic carbocycles. The summed E-state index contributed by atoms with van der Waals surface area (Å²) in [5.41, 5.74) is 1.17. The Balaban J connectivity index is 1.95. The summed E-state index contributed by atoms with van der Waals surface area (Å²) >= 11 is 5.90.